The van der Waals surface area contributed by atoms with Gasteiger partial charge in [-0.3, -0.25) is 0 Å². The van der Waals surface area contributed by atoms with Crippen LogP contribution in [0.3, 0.4) is 0 Å². The van der Waals surface area contributed by atoms with Crippen LogP contribution in [0.15, 0.2) is 42.5 Å². The van der Waals surface area contributed by atoms with Gasteiger partial charge in [0.1, 0.15) is 11.6 Å². The number of benzene rings is 2. The topological polar surface area (TPSA) is 74.3 Å². The van der Waals surface area contributed by atoms with E-state index in [2.05, 4.69) is 22.0 Å². The molecule has 7 nitrogen and oxygen atoms in total. The van der Waals surface area contributed by atoms with Gasteiger partial charge in [0.15, 0.2) is 5.11 Å². The zero-order chi connectivity index (χ0) is 24.1. The third-order valence-electron chi connectivity index (χ3n) is 6.15. The van der Waals surface area contributed by atoms with Crippen LogP contribution in [0.2, 0.25) is 5.02 Å². The Kier molecular flexibility index (Phi) is 7.90. The molecule has 3 aromatic rings. The lowest BCUT2D eigenvalue weighted by molar-refractivity contribution is 0.336. The van der Waals surface area contributed by atoms with Crippen molar-refractivity contribution in [2.45, 2.75) is 31.7 Å². The molecule has 180 valence electrons. The van der Waals surface area contributed by atoms with Crippen LogP contribution in [-0.4, -0.2) is 48.9 Å². The SMILES string of the molecule is COc1ccc(Cl)cc1NC(=S)NC[C@H]1CC[C@@H](Nc2nc(N(C)C)c3ccccc3n2)CC1. The molecule has 0 radical (unpaired) electrons. The predicted molar refractivity (Wildman–Crippen MR) is 145 cm³/mol. The fraction of sp³-hybridized carbons (Fsp3) is 0.400. The molecular formula is C25H31ClN6OS. The van der Waals surface area contributed by atoms with E-state index in [9.17, 15) is 0 Å². The van der Waals surface area contributed by atoms with Crippen molar-refractivity contribution in [1.82, 2.24) is 15.3 Å². The Balaban J connectivity index is 1.28. The van der Waals surface area contributed by atoms with Crippen molar-refractivity contribution in [2.24, 2.45) is 5.92 Å². The lowest BCUT2D eigenvalue weighted by atomic mass is 9.86. The fourth-order valence-corrected chi connectivity index (χ4v) is 4.71. The van der Waals surface area contributed by atoms with Gasteiger partial charge in [0.25, 0.3) is 0 Å². The number of ether oxygens (including phenoxy) is 1. The Morgan fingerprint density at radius 2 is 1.88 bits per heavy atom. The first-order chi connectivity index (χ1) is 16.4. The highest BCUT2D eigenvalue weighted by Crippen LogP contribution is 2.29. The van der Waals surface area contributed by atoms with Crippen LogP contribution in [0.4, 0.5) is 17.5 Å². The predicted octanol–water partition coefficient (Wildman–Crippen LogP) is 5.32. The maximum Gasteiger partial charge on any atom is 0.225 e. The summed E-state index contributed by atoms with van der Waals surface area (Å²) in [6.45, 7) is 0.832. The summed E-state index contributed by atoms with van der Waals surface area (Å²) in [6, 6.07) is 13.9. The van der Waals surface area contributed by atoms with Gasteiger partial charge in [0.05, 0.1) is 18.3 Å². The van der Waals surface area contributed by atoms with Crippen molar-refractivity contribution in [1.29, 1.82) is 0 Å². The Hall–Kier alpha value is -2.84. The minimum Gasteiger partial charge on any atom is -0.495 e. The molecule has 0 bridgehead atoms. The van der Waals surface area contributed by atoms with Crippen molar-refractivity contribution in [2.75, 3.05) is 43.3 Å². The number of rotatable bonds is 7. The molecule has 1 saturated carbocycles. The van der Waals surface area contributed by atoms with Crippen LogP contribution in [0, 0.1) is 5.92 Å². The molecule has 34 heavy (non-hydrogen) atoms. The highest BCUT2D eigenvalue weighted by molar-refractivity contribution is 7.80. The van der Waals surface area contributed by atoms with Gasteiger partial charge in [-0.1, -0.05) is 23.7 Å². The molecule has 0 aliphatic heterocycles. The summed E-state index contributed by atoms with van der Waals surface area (Å²) in [5.74, 6) is 2.90. The summed E-state index contributed by atoms with van der Waals surface area (Å²) in [6.07, 6.45) is 4.37. The standard InChI is InChI=1S/C25H31ClN6OS/c1-32(2)23-19-6-4-5-7-20(19)29-24(31-23)28-18-11-8-16(9-12-18)15-27-25(34)30-21-14-17(26)10-13-22(21)33-3/h4-7,10,13-14,16,18H,8-9,11-12,15H2,1-3H3,(H2,27,30,34)(H,28,29,31)/t16-,18+. The van der Waals surface area contributed by atoms with E-state index in [-0.39, 0.29) is 0 Å². The molecule has 4 rings (SSSR count). The normalized spacial score (nSPS) is 17.8. The van der Waals surface area contributed by atoms with Gasteiger partial charge >= 0.3 is 0 Å². The Morgan fingerprint density at radius 1 is 1.12 bits per heavy atom. The maximum absolute atomic E-state index is 6.10. The zero-order valence-corrected chi connectivity index (χ0v) is 21.3. The maximum atomic E-state index is 6.10. The number of fused-ring (bicyclic) bond motifs is 1. The molecule has 1 aromatic heterocycles. The molecule has 1 aliphatic carbocycles. The first-order valence-electron chi connectivity index (χ1n) is 11.5. The highest BCUT2D eigenvalue weighted by atomic mass is 35.5. The molecule has 1 aliphatic rings. The lowest BCUT2D eigenvalue weighted by Crippen LogP contribution is -2.36. The minimum atomic E-state index is 0.369. The molecule has 0 spiro atoms. The number of anilines is 3. The number of hydrogen-bond donors (Lipinski definition) is 3. The summed E-state index contributed by atoms with van der Waals surface area (Å²) in [4.78, 5) is 11.6. The largest absolute Gasteiger partial charge is 0.495 e. The number of hydrogen-bond acceptors (Lipinski definition) is 6. The van der Waals surface area contributed by atoms with Gasteiger partial charge in [0, 0.05) is 37.1 Å². The van der Waals surface area contributed by atoms with E-state index < -0.39 is 0 Å². The van der Waals surface area contributed by atoms with Gasteiger partial charge in [-0.15, -0.1) is 0 Å². The van der Waals surface area contributed by atoms with Crippen LogP contribution in [0.5, 0.6) is 5.75 Å². The van der Waals surface area contributed by atoms with Gasteiger partial charge in [-0.05, 0) is 74.2 Å². The molecule has 9 heteroatoms. The smallest absolute Gasteiger partial charge is 0.225 e. The second-order valence-corrected chi connectivity index (χ2v) is 9.67. The van der Waals surface area contributed by atoms with E-state index in [1.165, 1.54) is 0 Å². The second kappa shape index (κ2) is 11.1. The zero-order valence-electron chi connectivity index (χ0n) is 19.8. The highest BCUT2D eigenvalue weighted by Gasteiger charge is 2.22. The monoisotopic (exact) mass is 498 g/mol. The van der Waals surface area contributed by atoms with E-state index >= 15 is 0 Å². The van der Waals surface area contributed by atoms with Crippen LogP contribution in [0.1, 0.15) is 25.7 Å². The van der Waals surface area contributed by atoms with Crippen molar-refractivity contribution in [3.63, 3.8) is 0 Å². The van der Waals surface area contributed by atoms with Crippen LogP contribution >= 0.6 is 23.8 Å². The number of aromatic nitrogens is 2. The van der Waals surface area contributed by atoms with Gasteiger partial charge in [-0.2, -0.15) is 4.98 Å². The summed E-state index contributed by atoms with van der Waals surface area (Å²) < 4.78 is 5.37. The Morgan fingerprint density at radius 3 is 2.62 bits per heavy atom. The molecule has 3 N–H and O–H groups in total. The average molecular weight is 499 g/mol. The van der Waals surface area contributed by atoms with E-state index in [4.69, 9.17) is 38.5 Å². The van der Waals surface area contributed by atoms with Gasteiger partial charge in [-0.25, -0.2) is 4.98 Å². The van der Waals surface area contributed by atoms with E-state index in [0.29, 0.717) is 33.8 Å². The van der Waals surface area contributed by atoms with Gasteiger partial charge in [0.2, 0.25) is 5.95 Å². The summed E-state index contributed by atoms with van der Waals surface area (Å²) in [5, 5.41) is 12.4. The Bertz CT molecular complexity index is 1150. The van der Waals surface area contributed by atoms with Gasteiger partial charge < -0.3 is 25.6 Å². The fourth-order valence-electron chi connectivity index (χ4n) is 4.34. The third kappa shape index (κ3) is 5.98. The van der Waals surface area contributed by atoms with Crippen molar-refractivity contribution in [3.8, 4) is 5.75 Å². The lowest BCUT2D eigenvalue weighted by Gasteiger charge is -2.30. The number of nitrogens with one attached hydrogen (secondary N) is 3. The molecule has 2 aromatic carbocycles. The van der Waals surface area contributed by atoms with E-state index in [1.807, 2.05) is 49.3 Å². The molecular weight excluding hydrogens is 468 g/mol. The molecule has 0 saturated heterocycles. The van der Waals surface area contributed by atoms with Crippen molar-refractivity contribution >= 4 is 57.3 Å². The minimum absolute atomic E-state index is 0.369. The Labute approximate surface area is 211 Å². The quantitative estimate of drug-likeness (QED) is 0.378. The number of methoxy groups -OCH3 is 1. The summed E-state index contributed by atoms with van der Waals surface area (Å²) >= 11 is 11.6. The van der Waals surface area contributed by atoms with Crippen LogP contribution < -0.4 is 25.6 Å². The van der Waals surface area contributed by atoms with Crippen molar-refractivity contribution < 1.29 is 4.74 Å². The molecule has 0 amide bonds. The average Bonchev–Trinajstić information content (AvgIpc) is 2.83. The molecule has 0 atom stereocenters. The van der Waals surface area contributed by atoms with E-state index in [1.54, 1.807) is 13.2 Å². The van der Waals surface area contributed by atoms with Crippen LogP contribution in [0.25, 0.3) is 10.9 Å². The number of nitrogens with zero attached hydrogens (tertiary/aromatic N) is 3. The van der Waals surface area contributed by atoms with Crippen LogP contribution in [-0.2, 0) is 0 Å². The number of para-hydroxylation sites is 1. The second-order valence-electron chi connectivity index (χ2n) is 8.82. The summed E-state index contributed by atoms with van der Waals surface area (Å²) in [5.41, 5.74) is 1.71. The first kappa shape index (κ1) is 24.3. The number of thiocarbonyl (C=S) groups is 1. The third-order valence-corrected chi connectivity index (χ3v) is 6.63. The number of halogens is 1. The first-order valence-corrected chi connectivity index (χ1v) is 12.3. The molecule has 1 heterocycles. The van der Waals surface area contributed by atoms with E-state index in [0.717, 1.165) is 54.6 Å². The molecule has 0 unspecified atom stereocenters. The summed E-state index contributed by atoms with van der Waals surface area (Å²) in [7, 11) is 5.65. The molecule has 1 fully saturated rings. The van der Waals surface area contributed by atoms with Crippen molar-refractivity contribution in [3.05, 3.63) is 47.5 Å².